The molecule has 5 saturated carbocycles. The van der Waals surface area contributed by atoms with Crippen LogP contribution in [0.3, 0.4) is 0 Å². The molecule has 0 aliphatic heterocycles. The molecule has 0 saturated heterocycles. The van der Waals surface area contributed by atoms with Gasteiger partial charge < -0.3 is 0 Å². The summed E-state index contributed by atoms with van der Waals surface area (Å²) >= 11 is 35.4. The third-order valence-electron chi connectivity index (χ3n) is 19.7. The van der Waals surface area contributed by atoms with Crippen LogP contribution < -0.4 is 0 Å². The Morgan fingerprint density at radius 3 is 0.827 bits per heavy atom. The zero-order valence-electron chi connectivity index (χ0n) is 59.7. The molecule has 6 aromatic rings. The first-order valence-corrected chi connectivity index (χ1v) is 38.8. The molecule has 0 radical (unpaired) electrons. The van der Waals surface area contributed by atoms with Gasteiger partial charge >= 0.3 is 0 Å². The van der Waals surface area contributed by atoms with Crippen LogP contribution in [0.5, 0.6) is 0 Å². The first-order valence-electron chi connectivity index (χ1n) is 36.5. The van der Waals surface area contributed by atoms with Crippen LogP contribution in [0.15, 0.2) is 146 Å². The normalized spacial score (nSPS) is 16.8. The number of rotatable bonds is 27. The van der Waals surface area contributed by atoms with Gasteiger partial charge in [0.05, 0.1) is 0 Å². The maximum Gasteiger partial charge on any atom is 0.166 e. The van der Waals surface area contributed by atoms with E-state index in [1.165, 1.54) is 83.5 Å². The summed E-state index contributed by atoms with van der Waals surface area (Å²) < 4.78 is 0. The largest absolute Gasteiger partial charge is 0.294 e. The fourth-order valence-electron chi connectivity index (χ4n) is 13.4. The van der Waals surface area contributed by atoms with Gasteiger partial charge in [-0.25, -0.2) is 0 Å². The molecular weight excluding hydrogens is 1340 g/mol. The molecule has 6 unspecified atom stereocenters. The highest BCUT2D eigenvalue weighted by Crippen LogP contribution is 2.40. The molecule has 11 rings (SSSR count). The van der Waals surface area contributed by atoms with E-state index in [2.05, 4.69) is 41.5 Å². The first kappa shape index (κ1) is 82.0. The Kier molecular flexibility index (Phi) is 35.0. The number of carbonyl (C=O) groups is 6. The van der Waals surface area contributed by atoms with Crippen LogP contribution >= 0.6 is 69.6 Å². The van der Waals surface area contributed by atoms with Gasteiger partial charge in [-0.05, 0) is 166 Å². The second kappa shape index (κ2) is 41.9. The molecule has 5 aliphatic rings. The first-order chi connectivity index (χ1) is 46.7. The van der Waals surface area contributed by atoms with Crippen molar-refractivity contribution in [1.82, 2.24) is 0 Å². The van der Waals surface area contributed by atoms with E-state index in [0.717, 1.165) is 127 Å². The molecule has 0 bridgehead atoms. The number of benzene rings is 6. The summed E-state index contributed by atoms with van der Waals surface area (Å²) in [5.41, 5.74) is 4.69. The van der Waals surface area contributed by atoms with Gasteiger partial charge in [-0.1, -0.05) is 295 Å². The standard InChI is InChI=1S/2C15H19ClO.C15H21ClO.2C14H17ClO.C13H15ClO/c1-11(9-12-5-2-3-6-12)15(17)13-7-4-8-14(16)10-13;1-2-4-12(9-11-7-8-11)15(17)13-5-3-6-14(16)10-13;1-5-11(10-15(2,3)4)14(17)12-7-6-8-13(16)9-12;1-10(8-11-4-2-5-11)14(16)12-6-3-7-13(15)9-12;1-2-11(8-10-6-7-10)14(16)12-4-3-5-13(15)9-12;1-9(7-10-5-6-10)13(15)11-3-2-4-12(14)8-11/h4,7-8,10-12H,2-3,5-6,9H2,1H3;3,5-6,10-12H,2,4,7-9H2,1H3;6-9,11H,5,10H2,1-4H3;3,6-7,9-11H,2,4-5,8H2,1H3;3-5,9-11H,2,6-8H2,1H3;2-4,8-10H,5-7H2,1H3. The predicted molar refractivity (Wildman–Crippen MR) is 413 cm³/mol. The third kappa shape index (κ3) is 30.0. The van der Waals surface area contributed by atoms with Gasteiger partial charge in [-0.2, -0.15) is 0 Å². The smallest absolute Gasteiger partial charge is 0.166 e. The Morgan fingerprint density at radius 2 is 0.582 bits per heavy atom. The van der Waals surface area contributed by atoms with Crippen molar-refractivity contribution in [3.63, 3.8) is 0 Å². The maximum absolute atomic E-state index is 12.4. The molecular formula is C86H108Cl6O6. The van der Waals surface area contributed by atoms with Crippen molar-refractivity contribution in [3.05, 3.63) is 209 Å². The molecule has 0 aromatic heterocycles. The fourth-order valence-corrected chi connectivity index (χ4v) is 14.5. The summed E-state index contributed by atoms with van der Waals surface area (Å²) in [6, 6.07) is 43.6. The van der Waals surface area contributed by atoms with Crippen LogP contribution in [0.1, 0.15) is 272 Å². The van der Waals surface area contributed by atoms with Crippen molar-refractivity contribution in [2.45, 2.75) is 210 Å². The second-order valence-corrected chi connectivity index (χ2v) is 32.5. The van der Waals surface area contributed by atoms with Crippen molar-refractivity contribution in [1.29, 1.82) is 0 Å². The second-order valence-electron chi connectivity index (χ2n) is 29.9. The Labute approximate surface area is 618 Å². The summed E-state index contributed by atoms with van der Waals surface area (Å²) in [4.78, 5) is 73.3. The number of ketones is 6. The van der Waals surface area contributed by atoms with Crippen LogP contribution in [0, 0.1) is 70.5 Å². The minimum Gasteiger partial charge on any atom is -0.294 e. The van der Waals surface area contributed by atoms with Gasteiger partial charge in [-0.3, -0.25) is 28.8 Å². The number of halogens is 6. The van der Waals surface area contributed by atoms with E-state index < -0.39 is 0 Å². The van der Waals surface area contributed by atoms with E-state index in [4.69, 9.17) is 69.6 Å². The summed E-state index contributed by atoms with van der Waals surface area (Å²) in [5, 5.41) is 3.84. The summed E-state index contributed by atoms with van der Waals surface area (Å²) in [5.74, 6) is 6.24. The average Bonchev–Trinajstić information content (AvgIpc) is 1.51. The topological polar surface area (TPSA) is 102 Å². The van der Waals surface area contributed by atoms with Crippen LogP contribution in [0.2, 0.25) is 30.1 Å². The molecule has 5 aliphatic carbocycles. The van der Waals surface area contributed by atoms with E-state index in [-0.39, 0.29) is 75.6 Å². The summed E-state index contributed by atoms with van der Waals surface area (Å²) in [7, 11) is 0. The molecule has 6 nitrogen and oxygen atoms in total. The number of Topliss-reactive ketones (excluding diaryl/α,β-unsaturated/α-hetero) is 6. The van der Waals surface area contributed by atoms with Gasteiger partial charge in [0.15, 0.2) is 34.7 Å². The molecule has 6 aromatic carbocycles. The molecule has 6 atom stereocenters. The molecule has 5 fully saturated rings. The zero-order chi connectivity index (χ0) is 71.5. The zero-order valence-corrected chi connectivity index (χ0v) is 64.2. The van der Waals surface area contributed by atoms with Crippen LogP contribution in [0.25, 0.3) is 0 Å². The Bertz CT molecular complexity index is 3440. The summed E-state index contributed by atoms with van der Waals surface area (Å²) in [6.45, 7) is 18.9. The number of hydrogen-bond acceptors (Lipinski definition) is 6. The average molecular weight is 1450 g/mol. The lowest BCUT2D eigenvalue weighted by Crippen LogP contribution is -2.20. The summed E-state index contributed by atoms with van der Waals surface area (Å²) in [6.07, 6.45) is 27.0. The molecule has 0 amide bonds. The molecule has 12 heteroatoms. The molecule has 0 spiro atoms. The Balaban J connectivity index is 0.000000186. The highest BCUT2D eigenvalue weighted by Gasteiger charge is 2.32. The quantitative estimate of drug-likeness (QED) is 0.0476. The lowest BCUT2D eigenvalue weighted by atomic mass is 9.78. The van der Waals surface area contributed by atoms with Crippen molar-refractivity contribution < 1.29 is 28.8 Å². The van der Waals surface area contributed by atoms with E-state index >= 15 is 0 Å². The highest BCUT2D eigenvalue weighted by atomic mass is 35.5. The maximum atomic E-state index is 12.4. The van der Waals surface area contributed by atoms with Crippen LogP contribution in [-0.2, 0) is 0 Å². The molecule has 98 heavy (non-hydrogen) atoms. The van der Waals surface area contributed by atoms with Crippen molar-refractivity contribution >= 4 is 104 Å². The molecule has 0 N–H and O–H groups in total. The molecule has 0 heterocycles. The van der Waals surface area contributed by atoms with Crippen LogP contribution in [-0.4, -0.2) is 34.7 Å². The van der Waals surface area contributed by atoms with Gasteiger partial charge in [0.1, 0.15) is 0 Å². The lowest BCUT2D eigenvalue weighted by molar-refractivity contribution is 0.0875. The molecule has 530 valence electrons. The lowest BCUT2D eigenvalue weighted by Gasteiger charge is -2.27. The SMILES string of the molecule is CC(CC1CC1)C(=O)c1cccc(Cl)c1.CC(CC1CCC1)C(=O)c1cccc(Cl)c1.CC(CC1CCCC1)C(=O)c1cccc(Cl)c1.CCC(CC(C)(C)C)C(=O)c1cccc(Cl)c1.CCC(CC1CC1)C(=O)c1cccc(Cl)c1.CCCC(CC1CC1)C(=O)c1cccc(Cl)c1. The van der Waals surface area contributed by atoms with E-state index in [1.807, 2.05) is 99.6 Å². The van der Waals surface area contributed by atoms with Gasteiger partial charge in [0, 0.05) is 99.0 Å². The Morgan fingerprint density at radius 1 is 0.337 bits per heavy atom. The Hall–Kier alpha value is -4.92. The monoisotopic (exact) mass is 1450 g/mol. The van der Waals surface area contributed by atoms with Crippen LogP contribution in [0.4, 0.5) is 0 Å². The van der Waals surface area contributed by atoms with E-state index in [0.29, 0.717) is 30.1 Å². The van der Waals surface area contributed by atoms with Crippen molar-refractivity contribution in [3.8, 4) is 0 Å². The number of carbonyl (C=O) groups excluding carboxylic acids is 6. The minimum absolute atomic E-state index is 0.0912. The minimum atomic E-state index is 0.0912. The van der Waals surface area contributed by atoms with Crippen molar-refractivity contribution in [2.24, 2.45) is 70.5 Å². The number of hydrogen-bond donors (Lipinski definition) is 0. The predicted octanol–water partition coefficient (Wildman–Crippen LogP) is 27.1. The van der Waals surface area contributed by atoms with E-state index in [9.17, 15) is 28.8 Å². The third-order valence-corrected chi connectivity index (χ3v) is 21.1. The van der Waals surface area contributed by atoms with Crippen molar-refractivity contribution in [2.75, 3.05) is 0 Å². The van der Waals surface area contributed by atoms with Gasteiger partial charge in [0.2, 0.25) is 0 Å². The van der Waals surface area contributed by atoms with Gasteiger partial charge in [0.25, 0.3) is 0 Å². The van der Waals surface area contributed by atoms with E-state index in [1.54, 1.807) is 66.7 Å². The fraction of sp³-hybridized carbons (Fsp3) is 0.512. The van der Waals surface area contributed by atoms with Gasteiger partial charge in [-0.15, -0.1) is 0 Å². The highest BCUT2D eigenvalue weighted by molar-refractivity contribution is 6.32.